The molecule has 222 valence electrons. The highest BCUT2D eigenvalue weighted by molar-refractivity contribution is 9.53. The molecule has 6 aromatic carbocycles. The molecule has 0 saturated heterocycles. The van der Waals surface area contributed by atoms with Crippen LogP contribution in [0.5, 0.6) is 0 Å². The zero-order chi connectivity index (χ0) is 30.7. The van der Waals surface area contributed by atoms with Gasteiger partial charge in [0.25, 0.3) is 0 Å². The van der Waals surface area contributed by atoms with Crippen molar-refractivity contribution in [3.63, 3.8) is 0 Å². The van der Waals surface area contributed by atoms with Gasteiger partial charge < -0.3 is 0 Å². The second-order valence-corrected chi connectivity index (χ2v) is 32.8. The molecule has 2 atom stereocenters. The largest absolute Gasteiger partial charge is 0.112 e. The summed E-state index contributed by atoms with van der Waals surface area (Å²) in [5.41, 5.74) is 0. The van der Waals surface area contributed by atoms with Crippen LogP contribution in [0.1, 0.15) is 0 Å². The standard InChI is InChI=1S/C38H31Br2P5/c39-42-37(44(31-19-7-1-8-20-31,32-21-9-2-10-22-32)33-23-11-3-12-24-33)41-38(43(42)40)45(34-25-13-4-14-26-34,35-27-15-5-16-28-35)36-29-17-6-18-30-36/h1-30,41H. The van der Waals surface area contributed by atoms with Crippen LogP contribution in [0, 0.1) is 8.81 Å². The highest BCUT2D eigenvalue weighted by atomic mass is 79.9. The smallest absolute Gasteiger partial charge is 0.0355 e. The van der Waals surface area contributed by atoms with Crippen LogP contribution in [0.2, 0.25) is 0 Å². The van der Waals surface area contributed by atoms with Crippen molar-refractivity contribution in [2.75, 3.05) is 0 Å². The molecule has 0 bridgehead atoms. The monoisotopic (exact) mass is 800 g/mol. The first kappa shape index (κ1) is 31.4. The van der Waals surface area contributed by atoms with E-state index in [4.69, 9.17) is 0 Å². The second kappa shape index (κ2) is 13.9. The first-order valence-corrected chi connectivity index (χ1v) is 26.7. The molecule has 7 heteroatoms. The van der Waals surface area contributed by atoms with Gasteiger partial charge in [0.2, 0.25) is 0 Å². The van der Waals surface area contributed by atoms with Gasteiger partial charge >= 0.3 is 0 Å². The van der Waals surface area contributed by atoms with E-state index < -0.39 is 25.6 Å². The fourth-order valence-corrected chi connectivity index (χ4v) is 46.0. The molecule has 0 aliphatic rings. The summed E-state index contributed by atoms with van der Waals surface area (Å²) in [7, 11) is 0.603. The molecular weight excluding hydrogens is 771 g/mol. The summed E-state index contributed by atoms with van der Waals surface area (Å²) < 4.78 is 3.37. The highest BCUT2D eigenvalue weighted by Crippen LogP contribution is 2.75. The minimum atomic E-state index is -2.18. The summed E-state index contributed by atoms with van der Waals surface area (Å²) in [6.45, 7) is -4.36. The van der Waals surface area contributed by atoms with Gasteiger partial charge in [-0.15, -0.1) is 8.19 Å². The minimum absolute atomic E-state index is 0.603. The van der Waals surface area contributed by atoms with Gasteiger partial charge in [-0.1, -0.05) is 182 Å². The number of halogens is 2. The SMILES string of the molecule is Brp1c(=P(c2ccccc2)(c2ccccc2)c2ccccc2)[pH]c(=P(c2ccccc2)(c2ccccc2)c2ccccc2)p1Br. The van der Waals surface area contributed by atoms with Crippen LogP contribution in [0.3, 0.4) is 0 Å². The fraction of sp³-hybridized carbons (Fsp3) is 0. The molecule has 0 aliphatic carbocycles. The molecule has 1 heterocycles. The predicted octanol–water partition coefficient (Wildman–Crippen LogP) is 11.1. The second-order valence-electron chi connectivity index (χ2n) is 10.6. The first-order valence-electron chi connectivity index (χ1n) is 14.7. The average molecular weight is 802 g/mol. The molecule has 0 N–H and O–H groups in total. The minimum Gasteiger partial charge on any atom is -0.112 e. The van der Waals surface area contributed by atoms with Gasteiger partial charge in [0.05, 0.1) is 0 Å². The Kier molecular flexibility index (Phi) is 9.67. The molecule has 1 aromatic heterocycles. The van der Waals surface area contributed by atoms with Crippen LogP contribution < -0.4 is 31.8 Å². The van der Waals surface area contributed by atoms with Crippen molar-refractivity contribution in [1.29, 1.82) is 0 Å². The summed E-state index contributed by atoms with van der Waals surface area (Å²) in [6.07, 6.45) is 0. The topological polar surface area (TPSA) is 0 Å². The molecule has 7 rings (SSSR count). The molecule has 0 aliphatic heterocycles. The molecule has 7 aromatic rings. The Bertz CT molecular complexity index is 1860. The van der Waals surface area contributed by atoms with Crippen LogP contribution in [0.4, 0.5) is 0 Å². The van der Waals surface area contributed by atoms with Crippen LogP contribution in [0.15, 0.2) is 182 Å². The van der Waals surface area contributed by atoms with Gasteiger partial charge in [-0.2, -0.15) is 0 Å². The lowest BCUT2D eigenvalue weighted by Crippen LogP contribution is -2.25. The third-order valence-corrected chi connectivity index (χ3v) is 44.6. The van der Waals surface area contributed by atoms with Crippen molar-refractivity contribution in [2.24, 2.45) is 0 Å². The van der Waals surface area contributed by atoms with Gasteiger partial charge in [-0.05, 0) is 88.4 Å². The molecule has 2 unspecified atom stereocenters. The van der Waals surface area contributed by atoms with E-state index in [1.807, 2.05) is 0 Å². The highest BCUT2D eigenvalue weighted by Gasteiger charge is 2.32. The van der Waals surface area contributed by atoms with E-state index in [9.17, 15) is 0 Å². The Hall–Kier alpha value is -2.22. The average Bonchev–Trinajstić information content (AvgIpc) is 3.42. The van der Waals surface area contributed by atoms with Gasteiger partial charge in [0.1, 0.15) is 0 Å². The normalized spacial score (nSPS) is 12.8. The van der Waals surface area contributed by atoms with Gasteiger partial charge in [-0.3, -0.25) is 0 Å². The summed E-state index contributed by atoms with van der Waals surface area (Å²) in [5.74, 6) is -1.32. The Balaban J connectivity index is 1.86. The lowest BCUT2D eigenvalue weighted by molar-refractivity contribution is 1.73. The molecule has 0 radical (unpaired) electrons. The fourth-order valence-electron chi connectivity index (χ4n) is 6.31. The molecule has 45 heavy (non-hydrogen) atoms. The van der Waals surface area contributed by atoms with Crippen LogP contribution in [0.25, 0.3) is 0 Å². The van der Waals surface area contributed by atoms with E-state index in [-0.39, 0.29) is 0 Å². The van der Waals surface area contributed by atoms with E-state index in [0.717, 1.165) is 0 Å². The van der Waals surface area contributed by atoms with Gasteiger partial charge in [-0.25, -0.2) is 0 Å². The zero-order valence-electron chi connectivity index (χ0n) is 24.4. The Labute approximate surface area is 285 Å². The third-order valence-electron chi connectivity index (χ3n) is 8.22. The Morgan fingerprint density at radius 3 is 0.667 bits per heavy atom. The summed E-state index contributed by atoms with van der Waals surface area (Å²) in [4.78, 5) is 0. The molecule has 0 nitrogen and oxygen atoms in total. The van der Waals surface area contributed by atoms with Crippen LogP contribution >= 0.6 is 64.8 Å². The maximum atomic E-state index is 4.49. The first-order chi connectivity index (χ1) is 22.2. The summed E-state index contributed by atoms with van der Waals surface area (Å²) in [6, 6.07) is 68.1. The van der Waals surface area contributed by atoms with Crippen molar-refractivity contribution in [3.05, 3.63) is 191 Å². The zero-order valence-corrected chi connectivity index (χ0v) is 32.1. The lowest BCUT2D eigenvalue weighted by Gasteiger charge is -2.29. The quantitative estimate of drug-likeness (QED) is 0.147. The maximum Gasteiger partial charge on any atom is 0.0355 e. The van der Waals surface area contributed by atoms with Crippen molar-refractivity contribution >= 4 is 96.6 Å². The van der Waals surface area contributed by atoms with Crippen molar-refractivity contribution in [1.82, 2.24) is 0 Å². The summed E-state index contributed by atoms with van der Waals surface area (Å²) in [5, 5.41) is 8.57. The number of benzene rings is 6. The summed E-state index contributed by atoms with van der Waals surface area (Å²) >= 11 is 8.98. The van der Waals surface area contributed by atoms with E-state index in [2.05, 4.69) is 213 Å². The van der Waals surface area contributed by atoms with Crippen LogP contribution in [-0.4, -0.2) is 0 Å². The van der Waals surface area contributed by atoms with Gasteiger partial charge in [0.15, 0.2) is 0 Å². The van der Waals surface area contributed by atoms with Crippen LogP contribution in [-0.2, 0) is 0 Å². The Morgan fingerprint density at radius 1 is 0.311 bits per heavy atom. The van der Waals surface area contributed by atoms with E-state index in [1.165, 1.54) is 31.8 Å². The number of hydrogen-bond acceptors (Lipinski definition) is 0. The van der Waals surface area contributed by atoms with E-state index in [0.29, 0.717) is 8.19 Å². The van der Waals surface area contributed by atoms with Crippen molar-refractivity contribution in [2.45, 2.75) is 0 Å². The molecule has 0 amide bonds. The maximum absolute atomic E-state index is 4.49. The lowest BCUT2D eigenvalue weighted by atomic mass is 10.4. The number of hydrogen-bond donors (Lipinski definition) is 0. The van der Waals surface area contributed by atoms with E-state index >= 15 is 0 Å². The van der Waals surface area contributed by atoms with Gasteiger partial charge in [0, 0.05) is 8.81 Å². The molecule has 0 spiro atoms. The van der Waals surface area contributed by atoms with Crippen molar-refractivity contribution in [3.8, 4) is 0 Å². The molecule has 0 saturated carbocycles. The number of rotatable bonds is 6. The van der Waals surface area contributed by atoms with Crippen molar-refractivity contribution < 1.29 is 0 Å². The molecular formula is C38H31Br2P5. The predicted molar refractivity (Wildman–Crippen MR) is 217 cm³/mol. The third kappa shape index (κ3) is 5.49. The van der Waals surface area contributed by atoms with E-state index in [1.54, 1.807) is 8.81 Å². The Morgan fingerprint density at radius 2 is 0.489 bits per heavy atom. The molecule has 0 fully saturated rings.